The summed E-state index contributed by atoms with van der Waals surface area (Å²) in [5.41, 5.74) is 0.369. The molecule has 1 aliphatic rings. The van der Waals surface area contributed by atoms with Crippen LogP contribution in [0.25, 0.3) is 0 Å². The molecule has 1 amide bonds. The molecule has 2 aromatic rings. The van der Waals surface area contributed by atoms with E-state index in [1.54, 1.807) is 0 Å². The van der Waals surface area contributed by atoms with Gasteiger partial charge < -0.3 is 4.90 Å². The zero-order chi connectivity index (χ0) is 23.7. The first kappa shape index (κ1) is 24.1. The van der Waals surface area contributed by atoms with Crippen molar-refractivity contribution in [3.05, 3.63) is 64.7 Å². The highest BCUT2D eigenvalue weighted by Gasteiger charge is 2.43. The van der Waals surface area contributed by atoms with Crippen LogP contribution in [0.15, 0.2) is 47.4 Å². The fourth-order valence-corrected chi connectivity index (χ4v) is 4.45. The number of alkyl halides is 6. The number of nitrogens with zero attached hydrogens (tertiary/aromatic N) is 1. The molecule has 174 valence electrons. The summed E-state index contributed by atoms with van der Waals surface area (Å²) in [5, 5.41) is 0. The molecule has 3 rings (SSSR count). The standard InChI is InChI=1S/C20H18F6N2O3S/c21-19(22,23)16-3-1-2-13(10-16)6-8-27-32(30,31)17-5-4-14-7-9-28(12-15(14)11-17)18(29)20(24,25)26/h1-5,10-11,27H,6-9,12H2. The van der Waals surface area contributed by atoms with Crippen LogP contribution in [0, 0.1) is 0 Å². The van der Waals surface area contributed by atoms with Crippen molar-refractivity contribution in [1.82, 2.24) is 9.62 Å². The molecule has 0 saturated carbocycles. The Balaban J connectivity index is 1.69. The molecular weight excluding hydrogens is 462 g/mol. The lowest BCUT2D eigenvalue weighted by Crippen LogP contribution is -2.43. The smallest absolute Gasteiger partial charge is 0.330 e. The first-order valence-electron chi connectivity index (χ1n) is 9.41. The van der Waals surface area contributed by atoms with Crippen LogP contribution in [-0.2, 0) is 40.4 Å². The Morgan fingerprint density at radius 2 is 1.72 bits per heavy atom. The Labute approximate surface area is 180 Å². The second-order valence-corrected chi connectivity index (χ2v) is 9.02. The van der Waals surface area contributed by atoms with E-state index in [1.807, 2.05) is 0 Å². The number of halogens is 6. The number of fused-ring (bicyclic) bond motifs is 1. The molecule has 32 heavy (non-hydrogen) atoms. The van der Waals surface area contributed by atoms with E-state index in [0.29, 0.717) is 10.5 Å². The molecular formula is C20H18F6N2O3S. The van der Waals surface area contributed by atoms with Crippen molar-refractivity contribution in [2.24, 2.45) is 0 Å². The second-order valence-electron chi connectivity index (χ2n) is 7.25. The first-order chi connectivity index (χ1) is 14.8. The molecule has 12 heteroatoms. The van der Waals surface area contributed by atoms with E-state index in [4.69, 9.17) is 0 Å². The van der Waals surface area contributed by atoms with Crippen LogP contribution < -0.4 is 4.72 Å². The average Bonchev–Trinajstić information content (AvgIpc) is 2.71. The number of benzene rings is 2. The molecule has 0 aromatic heterocycles. The third kappa shape index (κ3) is 5.60. The van der Waals surface area contributed by atoms with Gasteiger partial charge in [-0.3, -0.25) is 4.79 Å². The molecule has 2 aromatic carbocycles. The maximum atomic E-state index is 12.8. The molecule has 0 atom stereocenters. The van der Waals surface area contributed by atoms with Crippen LogP contribution in [0.5, 0.6) is 0 Å². The summed E-state index contributed by atoms with van der Waals surface area (Å²) in [6.45, 7) is -0.687. The van der Waals surface area contributed by atoms with Gasteiger partial charge in [0.1, 0.15) is 0 Å². The van der Waals surface area contributed by atoms with Crippen molar-refractivity contribution >= 4 is 15.9 Å². The van der Waals surface area contributed by atoms with Crippen molar-refractivity contribution < 1.29 is 39.6 Å². The van der Waals surface area contributed by atoms with Crippen molar-refractivity contribution in [2.45, 2.75) is 36.6 Å². The summed E-state index contributed by atoms with van der Waals surface area (Å²) < 4.78 is 104. The molecule has 1 N–H and O–H groups in total. The van der Waals surface area contributed by atoms with Crippen molar-refractivity contribution in [1.29, 1.82) is 0 Å². The molecule has 0 unspecified atom stereocenters. The summed E-state index contributed by atoms with van der Waals surface area (Å²) >= 11 is 0. The molecule has 0 saturated heterocycles. The van der Waals surface area contributed by atoms with Gasteiger partial charge in [-0.25, -0.2) is 13.1 Å². The quantitative estimate of drug-likeness (QED) is 0.665. The van der Waals surface area contributed by atoms with Gasteiger partial charge in [0.15, 0.2) is 0 Å². The number of carbonyl (C=O) groups is 1. The van der Waals surface area contributed by atoms with Crippen LogP contribution in [0.2, 0.25) is 0 Å². The van der Waals surface area contributed by atoms with Gasteiger partial charge in [0.25, 0.3) is 0 Å². The maximum Gasteiger partial charge on any atom is 0.471 e. The van der Waals surface area contributed by atoms with Gasteiger partial charge in [0.05, 0.1) is 10.5 Å². The predicted molar refractivity (Wildman–Crippen MR) is 102 cm³/mol. The van der Waals surface area contributed by atoms with E-state index < -0.39 is 33.8 Å². The summed E-state index contributed by atoms with van der Waals surface area (Å²) in [6.07, 6.45) is -9.38. The maximum absolute atomic E-state index is 12.8. The minimum absolute atomic E-state index is 0.00194. The summed E-state index contributed by atoms with van der Waals surface area (Å²) in [7, 11) is -4.07. The summed E-state index contributed by atoms with van der Waals surface area (Å²) in [4.78, 5) is 11.9. The molecule has 0 radical (unpaired) electrons. The molecule has 1 heterocycles. The van der Waals surface area contributed by atoms with Gasteiger partial charge in [-0.1, -0.05) is 24.3 Å². The zero-order valence-electron chi connectivity index (χ0n) is 16.4. The highest BCUT2D eigenvalue weighted by Crippen LogP contribution is 2.30. The van der Waals surface area contributed by atoms with Crippen LogP contribution >= 0.6 is 0 Å². The van der Waals surface area contributed by atoms with Crippen LogP contribution in [0.1, 0.15) is 22.3 Å². The molecule has 0 spiro atoms. The van der Waals surface area contributed by atoms with E-state index >= 15 is 0 Å². The molecule has 0 aliphatic carbocycles. The zero-order valence-corrected chi connectivity index (χ0v) is 17.2. The fourth-order valence-electron chi connectivity index (χ4n) is 3.37. The van der Waals surface area contributed by atoms with Gasteiger partial charge in [-0.05, 0) is 47.7 Å². The number of amides is 1. The van der Waals surface area contributed by atoms with E-state index in [0.717, 1.165) is 12.1 Å². The topological polar surface area (TPSA) is 66.5 Å². The van der Waals surface area contributed by atoms with E-state index in [9.17, 15) is 39.6 Å². The Kier molecular flexibility index (Phi) is 6.57. The summed E-state index contributed by atoms with van der Waals surface area (Å²) in [6, 6.07) is 8.49. The fraction of sp³-hybridized carbons (Fsp3) is 0.350. The van der Waals surface area contributed by atoms with Gasteiger partial charge in [0, 0.05) is 19.6 Å². The lowest BCUT2D eigenvalue weighted by molar-refractivity contribution is -0.186. The lowest BCUT2D eigenvalue weighted by Gasteiger charge is -2.29. The number of hydrogen-bond donors (Lipinski definition) is 1. The Hall–Kier alpha value is -2.60. The normalized spacial score (nSPS) is 14.9. The van der Waals surface area contributed by atoms with E-state index in [1.165, 1.54) is 30.3 Å². The summed E-state index contributed by atoms with van der Waals surface area (Å²) in [5.74, 6) is -1.99. The van der Waals surface area contributed by atoms with Gasteiger partial charge in [-0.2, -0.15) is 26.3 Å². The predicted octanol–water partition coefficient (Wildman–Crippen LogP) is 3.67. The minimum Gasteiger partial charge on any atom is -0.330 e. The Morgan fingerprint density at radius 3 is 2.38 bits per heavy atom. The van der Waals surface area contributed by atoms with Crippen molar-refractivity contribution in [3.8, 4) is 0 Å². The highest BCUT2D eigenvalue weighted by molar-refractivity contribution is 7.89. The molecule has 0 fully saturated rings. The molecule has 0 bridgehead atoms. The highest BCUT2D eigenvalue weighted by atomic mass is 32.2. The first-order valence-corrected chi connectivity index (χ1v) is 10.9. The number of nitrogens with one attached hydrogen (secondary N) is 1. The van der Waals surface area contributed by atoms with Gasteiger partial charge in [0.2, 0.25) is 10.0 Å². The second kappa shape index (κ2) is 8.74. The van der Waals surface area contributed by atoms with E-state index in [2.05, 4.69) is 4.72 Å². The SMILES string of the molecule is O=C(N1CCc2ccc(S(=O)(=O)NCCc3cccc(C(F)(F)F)c3)cc2C1)C(F)(F)F. The number of rotatable bonds is 5. The largest absolute Gasteiger partial charge is 0.471 e. The van der Waals surface area contributed by atoms with Crippen LogP contribution in [0.3, 0.4) is 0 Å². The third-order valence-corrected chi connectivity index (χ3v) is 6.45. The van der Waals surface area contributed by atoms with Crippen molar-refractivity contribution in [3.63, 3.8) is 0 Å². The number of hydrogen-bond acceptors (Lipinski definition) is 3. The van der Waals surface area contributed by atoms with Crippen LogP contribution in [0.4, 0.5) is 26.3 Å². The average molecular weight is 480 g/mol. The molecule has 5 nitrogen and oxygen atoms in total. The number of carbonyl (C=O) groups excluding carboxylic acids is 1. The minimum atomic E-state index is -5.02. The van der Waals surface area contributed by atoms with Crippen LogP contribution in [-0.4, -0.2) is 38.5 Å². The van der Waals surface area contributed by atoms with Gasteiger partial charge >= 0.3 is 18.3 Å². The third-order valence-electron chi connectivity index (χ3n) is 4.99. The van der Waals surface area contributed by atoms with Gasteiger partial charge in [-0.15, -0.1) is 0 Å². The molecule has 1 aliphatic heterocycles. The van der Waals surface area contributed by atoms with Crippen molar-refractivity contribution in [2.75, 3.05) is 13.1 Å². The number of sulfonamides is 1. The lowest BCUT2D eigenvalue weighted by atomic mass is 10.00. The van der Waals surface area contributed by atoms with E-state index in [-0.39, 0.29) is 48.5 Å². The Bertz CT molecular complexity index is 1110. The Morgan fingerprint density at radius 1 is 1.00 bits per heavy atom. The monoisotopic (exact) mass is 480 g/mol.